The van der Waals surface area contributed by atoms with Gasteiger partial charge in [0.1, 0.15) is 0 Å². The highest BCUT2D eigenvalue weighted by atomic mass is 35.5. The Morgan fingerprint density at radius 3 is 2.82 bits per heavy atom. The highest BCUT2D eigenvalue weighted by Crippen LogP contribution is 2.30. The lowest BCUT2D eigenvalue weighted by Gasteiger charge is -2.13. The third-order valence-electron chi connectivity index (χ3n) is 2.79. The molecule has 94 valence electrons. The summed E-state index contributed by atoms with van der Waals surface area (Å²) in [6, 6.07) is 6.95. The first-order valence-electron chi connectivity index (χ1n) is 6.30. The molecule has 1 aromatic rings. The summed E-state index contributed by atoms with van der Waals surface area (Å²) < 4.78 is 0. The molecule has 0 saturated heterocycles. The molecule has 1 saturated carbocycles. The molecule has 0 heterocycles. The fourth-order valence-electron chi connectivity index (χ4n) is 1.64. The monoisotopic (exact) mass is 269 g/mol. The lowest BCUT2D eigenvalue weighted by Crippen LogP contribution is -2.16. The maximum atomic E-state index is 6.30. The van der Waals surface area contributed by atoms with Gasteiger partial charge < -0.3 is 5.32 Å². The molecule has 0 spiro atoms. The fourth-order valence-corrected chi connectivity index (χ4v) is 2.98. The van der Waals surface area contributed by atoms with Crippen LogP contribution in [0.5, 0.6) is 0 Å². The number of hydrogen-bond acceptors (Lipinski definition) is 2. The summed E-state index contributed by atoms with van der Waals surface area (Å²) in [6.07, 6.45) is 2.64. The summed E-state index contributed by atoms with van der Waals surface area (Å²) in [4.78, 5) is 1.33. The van der Waals surface area contributed by atoms with Crippen LogP contribution in [-0.4, -0.2) is 11.8 Å². The van der Waals surface area contributed by atoms with Crippen LogP contribution in [0.25, 0.3) is 0 Å². The largest absolute Gasteiger partial charge is 0.310 e. The number of thioether (sulfide) groups is 1. The zero-order valence-corrected chi connectivity index (χ0v) is 12.1. The van der Waals surface area contributed by atoms with Gasteiger partial charge in [0.15, 0.2) is 0 Å². The van der Waals surface area contributed by atoms with Crippen molar-refractivity contribution in [1.29, 1.82) is 0 Å². The lowest BCUT2D eigenvalue weighted by molar-refractivity contribution is 0.680. The van der Waals surface area contributed by atoms with E-state index in [2.05, 4.69) is 25.2 Å². The Labute approximate surface area is 113 Å². The Morgan fingerprint density at radius 1 is 1.41 bits per heavy atom. The summed E-state index contributed by atoms with van der Waals surface area (Å²) in [5.74, 6) is 1.86. The van der Waals surface area contributed by atoms with Gasteiger partial charge in [0, 0.05) is 28.3 Å². The summed E-state index contributed by atoms with van der Waals surface area (Å²) in [5, 5.41) is 4.44. The van der Waals surface area contributed by atoms with Gasteiger partial charge in [0.05, 0.1) is 0 Å². The van der Waals surface area contributed by atoms with Gasteiger partial charge in [-0.05, 0) is 36.5 Å². The van der Waals surface area contributed by atoms with Crippen LogP contribution in [0.4, 0.5) is 0 Å². The Hall–Kier alpha value is -0.180. The number of nitrogens with one attached hydrogen (secondary N) is 1. The Balaban J connectivity index is 2.03. The molecule has 1 nitrogen and oxygen atoms in total. The number of hydrogen-bond donors (Lipinski definition) is 1. The molecule has 0 unspecified atom stereocenters. The van der Waals surface area contributed by atoms with Crippen molar-refractivity contribution in [3.05, 3.63) is 28.8 Å². The third-order valence-corrected chi connectivity index (χ3v) is 4.67. The van der Waals surface area contributed by atoms with Crippen LogP contribution in [0.1, 0.15) is 32.3 Å². The standard InChI is InChI=1S/C14H20ClNS/c1-10(2)9-17-14-5-3-4-13(15)12(14)8-16-11-6-7-11/h3-5,10-11,16H,6-9H2,1-2H3. The number of rotatable bonds is 6. The summed E-state index contributed by atoms with van der Waals surface area (Å²) in [5.41, 5.74) is 1.27. The number of halogens is 1. The van der Waals surface area contributed by atoms with Gasteiger partial charge in [0.2, 0.25) is 0 Å². The Bertz CT molecular complexity index is 374. The highest BCUT2D eigenvalue weighted by molar-refractivity contribution is 7.99. The molecule has 0 bridgehead atoms. The molecular formula is C14H20ClNS. The van der Waals surface area contributed by atoms with Gasteiger partial charge in [0.25, 0.3) is 0 Å². The van der Waals surface area contributed by atoms with E-state index in [9.17, 15) is 0 Å². The van der Waals surface area contributed by atoms with Gasteiger partial charge in [-0.2, -0.15) is 0 Å². The van der Waals surface area contributed by atoms with Crippen LogP contribution >= 0.6 is 23.4 Å². The van der Waals surface area contributed by atoms with Crippen molar-refractivity contribution in [3.63, 3.8) is 0 Å². The first-order chi connectivity index (χ1) is 8.16. The summed E-state index contributed by atoms with van der Waals surface area (Å²) in [6.45, 7) is 5.41. The molecule has 3 heteroatoms. The molecular weight excluding hydrogens is 250 g/mol. The van der Waals surface area contributed by atoms with E-state index < -0.39 is 0 Å². The second-order valence-electron chi connectivity index (χ2n) is 5.08. The molecule has 1 aliphatic carbocycles. The van der Waals surface area contributed by atoms with Crippen molar-refractivity contribution >= 4 is 23.4 Å². The molecule has 2 rings (SSSR count). The van der Waals surface area contributed by atoms with Gasteiger partial charge in [-0.15, -0.1) is 11.8 Å². The molecule has 0 atom stereocenters. The Morgan fingerprint density at radius 2 is 2.18 bits per heavy atom. The normalized spacial score (nSPS) is 15.5. The van der Waals surface area contributed by atoms with E-state index in [1.54, 1.807) is 0 Å². The molecule has 0 amide bonds. The van der Waals surface area contributed by atoms with Crippen molar-refractivity contribution < 1.29 is 0 Å². The molecule has 1 aromatic carbocycles. The van der Waals surface area contributed by atoms with E-state index in [0.717, 1.165) is 23.4 Å². The van der Waals surface area contributed by atoms with Crippen LogP contribution in [0.3, 0.4) is 0 Å². The first-order valence-corrected chi connectivity index (χ1v) is 7.66. The van der Waals surface area contributed by atoms with Crippen LogP contribution < -0.4 is 5.32 Å². The minimum atomic E-state index is 0.711. The molecule has 0 radical (unpaired) electrons. The molecule has 1 aliphatic rings. The average Bonchev–Trinajstić information content (AvgIpc) is 3.08. The number of benzene rings is 1. The maximum absolute atomic E-state index is 6.30. The molecule has 1 fully saturated rings. The minimum absolute atomic E-state index is 0.711. The van der Waals surface area contributed by atoms with Crippen molar-refractivity contribution in [1.82, 2.24) is 5.32 Å². The average molecular weight is 270 g/mol. The molecule has 0 aromatic heterocycles. The highest BCUT2D eigenvalue weighted by Gasteiger charge is 2.21. The van der Waals surface area contributed by atoms with E-state index in [1.807, 2.05) is 23.9 Å². The zero-order valence-electron chi connectivity index (χ0n) is 10.5. The van der Waals surface area contributed by atoms with Crippen molar-refractivity contribution in [2.24, 2.45) is 5.92 Å². The van der Waals surface area contributed by atoms with Crippen LogP contribution in [-0.2, 0) is 6.54 Å². The van der Waals surface area contributed by atoms with E-state index in [-0.39, 0.29) is 0 Å². The van der Waals surface area contributed by atoms with Crippen molar-refractivity contribution in [2.75, 3.05) is 5.75 Å². The first kappa shape index (κ1) is 13.3. The van der Waals surface area contributed by atoms with Crippen LogP contribution in [0.2, 0.25) is 5.02 Å². The smallest absolute Gasteiger partial charge is 0.0462 e. The van der Waals surface area contributed by atoms with Gasteiger partial charge in [-0.3, -0.25) is 0 Å². The van der Waals surface area contributed by atoms with E-state index in [0.29, 0.717) is 5.92 Å². The SMILES string of the molecule is CC(C)CSc1cccc(Cl)c1CNC1CC1. The fraction of sp³-hybridized carbons (Fsp3) is 0.571. The molecule has 0 aliphatic heterocycles. The second-order valence-corrected chi connectivity index (χ2v) is 6.55. The Kier molecular flexibility index (Phi) is 4.78. The van der Waals surface area contributed by atoms with Gasteiger partial charge in [-0.1, -0.05) is 31.5 Å². The van der Waals surface area contributed by atoms with Crippen LogP contribution in [0, 0.1) is 5.92 Å². The van der Waals surface area contributed by atoms with Crippen molar-refractivity contribution in [2.45, 2.75) is 44.2 Å². The third kappa shape index (κ3) is 4.20. The second kappa shape index (κ2) is 6.12. The maximum Gasteiger partial charge on any atom is 0.0462 e. The van der Waals surface area contributed by atoms with E-state index >= 15 is 0 Å². The molecule has 17 heavy (non-hydrogen) atoms. The van der Waals surface area contributed by atoms with Gasteiger partial charge >= 0.3 is 0 Å². The van der Waals surface area contributed by atoms with E-state index in [1.165, 1.54) is 23.3 Å². The van der Waals surface area contributed by atoms with Crippen LogP contribution in [0.15, 0.2) is 23.1 Å². The lowest BCUT2D eigenvalue weighted by atomic mass is 10.2. The summed E-state index contributed by atoms with van der Waals surface area (Å²) in [7, 11) is 0. The quantitative estimate of drug-likeness (QED) is 0.771. The van der Waals surface area contributed by atoms with E-state index in [4.69, 9.17) is 11.6 Å². The topological polar surface area (TPSA) is 12.0 Å². The summed E-state index contributed by atoms with van der Waals surface area (Å²) >= 11 is 8.21. The molecule has 1 N–H and O–H groups in total. The van der Waals surface area contributed by atoms with Gasteiger partial charge in [-0.25, -0.2) is 0 Å². The minimum Gasteiger partial charge on any atom is -0.310 e. The predicted molar refractivity (Wildman–Crippen MR) is 76.9 cm³/mol. The predicted octanol–water partition coefficient (Wildman–Crippen LogP) is 4.34. The zero-order chi connectivity index (χ0) is 12.3. The van der Waals surface area contributed by atoms with Crippen molar-refractivity contribution in [3.8, 4) is 0 Å².